The minimum Gasteiger partial charge on any atom is -0.347 e. The van der Waals surface area contributed by atoms with Gasteiger partial charge in [-0.1, -0.05) is 12.1 Å². The molecule has 128 valence electrons. The number of amides is 1. The van der Waals surface area contributed by atoms with E-state index in [1.54, 1.807) is 31.1 Å². The van der Waals surface area contributed by atoms with Crippen molar-refractivity contribution in [3.63, 3.8) is 0 Å². The molecule has 1 N–H and O–H groups in total. The number of rotatable bonds is 5. The number of hydrogen-bond acceptors (Lipinski definition) is 4. The number of nitrogens with one attached hydrogen (secondary N) is 1. The zero-order valence-corrected chi connectivity index (χ0v) is 14.0. The Hall–Kier alpha value is -2.28. The number of likely N-dealkylation sites (N-methyl/N-ethyl adjacent to an activating group) is 1. The summed E-state index contributed by atoms with van der Waals surface area (Å²) in [6.07, 6.45) is 3.17. The highest BCUT2D eigenvalue weighted by atomic mass is 19.1. The first-order valence-electron chi connectivity index (χ1n) is 8.17. The number of carbonyl (C=O) groups excluding carboxylic acids is 1. The molecule has 0 aliphatic carbocycles. The van der Waals surface area contributed by atoms with Crippen molar-refractivity contribution in [3.05, 3.63) is 47.3 Å². The first kappa shape index (κ1) is 16.6. The van der Waals surface area contributed by atoms with E-state index in [1.807, 2.05) is 0 Å². The summed E-state index contributed by atoms with van der Waals surface area (Å²) in [7, 11) is 3.60. The molecule has 0 radical (unpaired) electrons. The Morgan fingerprint density at radius 3 is 2.96 bits per heavy atom. The summed E-state index contributed by atoms with van der Waals surface area (Å²) in [6.45, 7) is 1.22. The van der Waals surface area contributed by atoms with Crippen LogP contribution in [-0.4, -0.2) is 39.7 Å². The van der Waals surface area contributed by atoms with Gasteiger partial charge in [0.2, 0.25) is 5.91 Å². The van der Waals surface area contributed by atoms with E-state index in [4.69, 9.17) is 0 Å². The number of hydrogen-bond donors (Lipinski definition) is 1. The summed E-state index contributed by atoms with van der Waals surface area (Å²) in [4.78, 5) is 14.4. The van der Waals surface area contributed by atoms with E-state index >= 15 is 0 Å². The van der Waals surface area contributed by atoms with Crippen LogP contribution in [0.3, 0.4) is 0 Å². The standard InChI is InChI=1S/C17H22FN5O/c1-22(2)16(12-6-5-7-13(18)10-12)17(24)19-11-15-21-20-14-8-3-4-9-23(14)15/h5-7,10,16H,3-4,8-9,11H2,1-2H3,(H,19,24). The number of aromatic nitrogens is 3. The second-order valence-corrected chi connectivity index (χ2v) is 6.28. The zero-order chi connectivity index (χ0) is 17.1. The fraction of sp³-hybridized carbons (Fsp3) is 0.471. The van der Waals surface area contributed by atoms with Crippen molar-refractivity contribution < 1.29 is 9.18 Å². The SMILES string of the molecule is CN(C)C(C(=O)NCc1nnc2n1CCCC2)c1cccc(F)c1. The molecule has 24 heavy (non-hydrogen) atoms. The molecule has 2 heterocycles. The van der Waals surface area contributed by atoms with Gasteiger partial charge in [-0.05, 0) is 44.6 Å². The summed E-state index contributed by atoms with van der Waals surface area (Å²) in [5.41, 5.74) is 0.626. The monoisotopic (exact) mass is 331 g/mol. The molecule has 2 aromatic rings. The third-order valence-electron chi connectivity index (χ3n) is 4.29. The second kappa shape index (κ2) is 7.09. The van der Waals surface area contributed by atoms with Gasteiger partial charge in [0.05, 0.1) is 6.54 Å². The van der Waals surface area contributed by atoms with Gasteiger partial charge >= 0.3 is 0 Å². The Balaban J connectivity index is 1.71. The van der Waals surface area contributed by atoms with Crippen molar-refractivity contribution in [3.8, 4) is 0 Å². The summed E-state index contributed by atoms with van der Waals surface area (Å²) < 4.78 is 15.6. The number of nitrogens with zero attached hydrogens (tertiary/aromatic N) is 4. The Morgan fingerprint density at radius 2 is 2.21 bits per heavy atom. The van der Waals surface area contributed by atoms with Gasteiger partial charge in [-0.15, -0.1) is 10.2 Å². The lowest BCUT2D eigenvalue weighted by molar-refractivity contribution is -0.126. The molecule has 0 bridgehead atoms. The summed E-state index contributed by atoms with van der Waals surface area (Å²) in [5.74, 6) is 1.23. The molecule has 0 saturated carbocycles. The minimum absolute atomic E-state index is 0.182. The molecule has 7 heteroatoms. The molecule has 1 aliphatic heterocycles. The Morgan fingerprint density at radius 1 is 1.38 bits per heavy atom. The molecule has 1 aromatic heterocycles. The van der Waals surface area contributed by atoms with E-state index in [1.165, 1.54) is 12.1 Å². The van der Waals surface area contributed by atoms with Gasteiger partial charge in [-0.3, -0.25) is 9.69 Å². The maximum atomic E-state index is 13.5. The van der Waals surface area contributed by atoms with Crippen LogP contribution in [0.4, 0.5) is 4.39 Å². The summed E-state index contributed by atoms with van der Waals surface area (Å²) in [5, 5.41) is 11.3. The average Bonchev–Trinajstić information content (AvgIpc) is 2.96. The van der Waals surface area contributed by atoms with Crippen LogP contribution in [0.1, 0.15) is 36.1 Å². The van der Waals surface area contributed by atoms with Gasteiger partial charge in [-0.2, -0.15) is 0 Å². The number of halogens is 1. The van der Waals surface area contributed by atoms with E-state index in [2.05, 4.69) is 20.1 Å². The fourth-order valence-electron chi connectivity index (χ4n) is 3.12. The number of carbonyl (C=O) groups is 1. The predicted octanol–water partition coefficient (Wildman–Crippen LogP) is 1.67. The van der Waals surface area contributed by atoms with Crippen LogP contribution >= 0.6 is 0 Å². The van der Waals surface area contributed by atoms with E-state index in [0.717, 1.165) is 37.5 Å². The normalized spacial score (nSPS) is 15.2. The average molecular weight is 331 g/mol. The Labute approximate surface area is 140 Å². The number of aryl methyl sites for hydroxylation is 1. The van der Waals surface area contributed by atoms with Crippen LogP contribution in [0.15, 0.2) is 24.3 Å². The van der Waals surface area contributed by atoms with Gasteiger partial charge in [0.1, 0.15) is 17.7 Å². The minimum atomic E-state index is -0.551. The quantitative estimate of drug-likeness (QED) is 0.905. The maximum absolute atomic E-state index is 13.5. The lowest BCUT2D eigenvalue weighted by Crippen LogP contribution is -2.37. The summed E-state index contributed by atoms with van der Waals surface area (Å²) in [6, 6.07) is 5.58. The molecule has 6 nitrogen and oxygen atoms in total. The van der Waals surface area contributed by atoms with E-state index in [-0.39, 0.29) is 11.7 Å². The largest absolute Gasteiger partial charge is 0.347 e. The molecular weight excluding hydrogens is 309 g/mol. The molecule has 1 aromatic carbocycles. The van der Waals surface area contributed by atoms with Crippen molar-refractivity contribution in [1.82, 2.24) is 25.0 Å². The molecule has 1 unspecified atom stereocenters. The van der Waals surface area contributed by atoms with Crippen LogP contribution in [0.2, 0.25) is 0 Å². The van der Waals surface area contributed by atoms with Crippen LogP contribution < -0.4 is 5.32 Å². The molecule has 1 amide bonds. The van der Waals surface area contributed by atoms with Crippen LogP contribution in [0.5, 0.6) is 0 Å². The highest BCUT2D eigenvalue weighted by Crippen LogP contribution is 2.20. The number of fused-ring (bicyclic) bond motifs is 1. The van der Waals surface area contributed by atoms with E-state index < -0.39 is 6.04 Å². The van der Waals surface area contributed by atoms with Gasteiger partial charge < -0.3 is 9.88 Å². The van der Waals surface area contributed by atoms with Gasteiger partial charge in [0.25, 0.3) is 0 Å². The molecule has 0 fully saturated rings. The molecule has 0 spiro atoms. The zero-order valence-electron chi connectivity index (χ0n) is 14.0. The maximum Gasteiger partial charge on any atom is 0.242 e. The smallest absolute Gasteiger partial charge is 0.242 e. The third kappa shape index (κ3) is 3.46. The van der Waals surface area contributed by atoms with E-state index in [9.17, 15) is 9.18 Å². The lowest BCUT2D eigenvalue weighted by atomic mass is 10.1. The van der Waals surface area contributed by atoms with Crippen molar-refractivity contribution in [2.75, 3.05) is 14.1 Å². The molecule has 1 aliphatic rings. The first-order chi connectivity index (χ1) is 11.6. The van der Waals surface area contributed by atoms with Crippen LogP contribution in [0, 0.1) is 5.82 Å². The first-order valence-corrected chi connectivity index (χ1v) is 8.17. The number of benzene rings is 1. The molecular formula is C17H22FN5O. The highest BCUT2D eigenvalue weighted by Gasteiger charge is 2.24. The van der Waals surface area contributed by atoms with Gasteiger partial charge in [0, 0.05) is 13.0 Å². The lowest BCUT2D eigenvalue weighted by Gasteiger charge is -2.24. The van der Waals surface area contributed by atoms with Crippen LogP contribution in [-0.2, 0) is 24.3 Å². The fourth-order valence-corrected chi connectivity index (χ4v) is 3.12. The van der Waals surface area contributed by atoms with Crippen molar-refractivity contribution >= 4 is 5.91 Å². The van der Waals surface area contributed by atoms with Crippen LogP contribution in [0.25, 0.3) is 0 Å². The Kier molecular flexibility index (Phi) is 4.89. The molecule has 0 saturated heterocycles. The van der Waals surface area contributed by atoms with E-state index in [0.29, 0.717) is 12.1 Å². The summed E-state index contributed by atoms with van der Waals surface area (Å²) >= 11 is 0. The van der Waals surface area contributed by atoms with Gasteiger partial charge in [0.15, 0.2) is 5.82 Å². The topological polar surface area (TPSA) is 63.1 Å². The second-order valence-electron chi connectivity index (χ2n) is 6.28. The van der Waals surface area contributed by atoms with Crippen molar-refractivity contribution in [1.29, 1.82) is 0 Å². The van der Waals surface area contributed by atoms with Crippen molar-refractivity contribution in [2.24, 2.45) is 0 Å². The molecule has 3 rings (SSSR count). The molecule has 1 atom stereocenters. The Bertz CT molecular complexity index is 728. The third-order valence-corrected chi connectivity index (χ3v) is 4.29. The van der Waals surface area contributed by atoms with Crippen molar-refractivity contribution in [2.45, 2.75) is 38.4 Å². The van der Waals surface area contributed by atoms with Gasteiger partial charge in [-0.25, -0.2) is 4.39 Å². The predicted molar refractivity (Wildman–Crippen MR) is 87.6 cm³/mol. The highest BCUT2D eigenvalue weighted by molar-refractivity contribution is 5.83.